The van der Waals surface area contributed by atoms with Crippen molar-refractivity contribution >= 4 is 22.6 Å². The Morgan fingerprint density at radius 2 is 2.15 bits per heavy atom. The molecule has 0 aromatic heterocycles. The van der Waals surface area contributed by atoms with Crippen molar-refractivity contribution in [1.82, 2.24) is 0 Å². The second-order valence-corrected chi connectivity index (χ2v) is 5.58. The van der Waals surface area contributed by atoms with Crippen LogP contribution in [0.3, 0.4) is 0 Å². The van der Waals surface area contributed by atoms with Gasteiger partial charge in [0.15, 0.2) is 0 Å². The average Bonchev–Trinajstić information content (AvgIpc) is 2.22. The summed E-state index contributed by atoms with van der Waals surface area (Å²) in [5.74, 6) is 0. The lowest BCUT2D eigenvalue weighted by molar-refractivity contribution is 0.161. The highest BCUT2D eigenvalue weighted by molar-refractivity contribution is 14.1. The largest absolute Gasteiger partial charge is 0.388 e. The molecule has 70 valence electrons. The molecule has 0 radical (unpaired) electrons. The van der Waals surface area contributed by atoms with Gasteiger partial charge in [-0.25, -0.2) is 0 Å². The van der Waals surface area contributed by atoms with E-state index in [1.54, 1.807) is 0 Å². The highest BCUT2D eigenvalue weighted by Gasteiger charge is 2.35. The number of benzene rings is 1. The number of rotatable bonds is 0. The molecule has 0 saturated heterocycles. The Hall–Kier alpha value is -0.0900. The van der Waals surface area contributed by atoms with Gasteiger partial charge in [-0.2, -0.15) is 0 Å². The zero-order chi connectivity index (χ0) is 9.64. The van der Waals surface area contributed by atoms with Crippen LogP contribution in [0, 0.1) is 3.57 Å². The molecule has 0 spiro atoms. The predicted octanol–water partition coefficient (Wildman–Crippen LogP) is 3.01. The molecule has 0 saturated carbocycles. The third kappa shape index (κ3) is 1.50. The van der Waals surface area contributed by atoms with Crippen molar-refractivity contribution in [1.29, 1.82) is 0 Å². The third-order valence-corrected chi connectivity index (χ3v) is 3.48. The molecule has 13 heavy (non-hydrogen) atoms. The van der Waals surface area contributed by atoms with Crippen LogP contribution in [0.25, 0.3) is 0 Å². The van der Waals surface area contributed by atoms with Gasteiger partial charge in [-0.3, -0.25) is 0 Å². The van der Waals surface area contributed by atoms with Gasteiger partial charge in [0.05, 0.1) is 6.10 Å². The first kappa shape index (κ1) is 9.46. The summed E-state index contributed by atoms with van der Waals surface area (Å²) in [6.07, 6.45) is 0.585. The molecule has 1 nitrogen and oxygen atoms in total. The van der Waals surface area contributed by atoms with E-state index in [4.69, 9.17) is 0 Å². The van der Waals surface area contributed by atoms with Crippen molar-refractivity contribution in [2.24, 2.45) is 0 Å². The first-order valence-electron chi connectivity index (χ1n) is 4.49. The van der Waals surface area contributed by atoms with Crippen molar-refractivity contribution in [3.8, 4) is 0 Å². The zero-order valence-electron chi connectivity index (χ0n) is 7.84. The Labute approximate surface area is 92.3 Å². The van der Waals surface area contributed by atoms with Gasteiger partial charge in [-0.05, 0) is 57.7 Å². The van der Waals surface area contributed by atoms with Gasteiger partial charge in [0.25, 0.3) is 0 Å². The van der Waals surface area contributed by atoms with E-state index in [2.05, 4.69) is 54.6 Å². The predicted molar refractivity (Wildman–Crippen MR) is 61.8 cm³/mol. The molecule has 0 fully saturated rings. The minimum Gasteiger partial charge on any atom is -0.388 e. The summed E-state index contributed by atoms with van der Waals surface area (Å²) in [5, 5.41) is 9.84. The summed E-state index contributed by atoms with van der Waals surface area (Å²) >= 11 is 2.28. The molecular weight excluding hydrogens is 275 g/mol. The van der Waals surface area contributed by atoms with Gasteiger partial charge >= 0.3 is 0 Å². The first-order chi connectivity index (χ1) is 6.00. The second kappa shape index (κ2) is 2.95. The lowest BCUT2D eigenvalue weighted by Gasteiger charge is -2.18. The summed E-state index contributed by atoms with van der Waals surface area (Å²) in [6.45, 7) is 4.38. The Kier molecular flexibility index (Phi) is 2.15. The molecule has 1 aromatic rings. The molecule has 1 N–H and O–H groups in total. The average molecular weight is 288 g/mol. The fourth-order valence-corrected chi connectivity index (χ4v) is 2.64. The molecule has 1 unspecified atom stereocenters. The van der Waals surface area contributed by atoms with E-state index in [-0.39, 0.29) is 11.5 Å². The number of aliphatic hydroxyl groups excluding tert-OH is 1. The SMILES string of the molecule is CC1(C)CC(O)c2cc(I)ccc21. The number of fused-ring (bicyclic) bond motifs is 1. The second-order valence-electron chi connectivity index (χ2n) is 4.34. The highest BCUT2D eigenvalue weighted by atomic mass is 127. The van der Waals surface area contributed by atoms with Gasteiger partial charge < -0.3 is 5.11 Å². The topological polar surface area (TPSA) is 20.2 Å². The van der Waals surface area contributed by atoms with Crippen molar-refractivity contribution in [2.75, 3.05) is 0 Å². The van der Waals surface area contributed by atoms with Crippen molar-refractivity contribution in [2.45, 2.75) is 31.8 Å². The molecule has 0 heterocycles. The standard InChI is InChI=1S/C11H13IO/c1-11(2)6-10(13)8-5-7(12)3-4-9(8)11/h3-5,10,13H,6H2,1-2H3. The molecule has 1 atom stereocenters. The van der Waals surface area contributed by atoms with Crippen LogP contribution in [0.2, 0.25) is 0 Å². The molecule has 0 amide bonds. The van der Waals surface area contributed by atoms with Gasteiger partial charge in [0.2, 0.25) is 0 Å². The minimum atomic E-state index is -0.264. The van der Waals surface area contributed by atoms with Gasteiger partial charge in [0.1, 0.15) is 0 Å². The number of hydrogen-bond donors (Lipinski definition) is 1. The van der Waals surface area contributed by atoms with Gasteiger partial charge in [0, 0.05) is 3.57 Å². The first-order valence-corrected chi connectivity index (χ1v) is 5.56. The highest BCUT2D eigenvalue weighted by Crippen LogP contribution is 2.44. The minimum absolute atomic E-state index is 0.138. The fraction of sp³-hybridized carbons (Fsp3) is 0.455. The van der Waals surface area contributed by atoms with Crippen LogP contribution in [0.15, 0.2) is 18.2 Å². The zero-order valence-corrected chi connectivity index (χ0v) is 10.00. The van der Waals surface area contributed by atoms with Crippen molar-refractivity contribution in [3.63, 3.8) is 0 Å². The van der Waals surface area contributed by atoms with Crippen LogP contribution in [0.1, 0.15) is 37.5 Å². The maximum absolute atomic E-state index is 9.84. The third-order valence-electron chi connectivity index (χ3n) is 2.81. The monoisotopic (exact) mass is 288 g/mol. The molecular formula is C11H13IO. The maximum Gasteiger partial charge on any atom is 0.0801 e. The lowest BCUT2D eigenvalue weighted by atomic mass is 9.87. The van der Waals surface area contributed by atoms with Gasteiger partial charge in [-0.15, -0.1) is 0 Å². The van der Waals surface area contributed by atoms with E-state index in [9.17, 15) is 5.11 Å². The summed E-state index contributed by atoms with van der Waals surface area (Å²) in [6, 6.07) is 6.35. The molecule has 2 heteroatoms. The van der Waals surface area contributed by atoms with Crippen LogP contribution < -0.4 is 0 Å². The van der Waals surface area contributed by atoms with Crippen LogP contribution in [-0.4, -0.2) is 5.11 Å². The van der Waals surface area contributed by atoms with Crippen LogP contribution in [-0.2, 0) is 5.41 Å². The molecule has 1 aromatic carbocycles. The Bertz CT molecular complexity index is 344. The molecule has 0 aliphatic heterocycles. The van der Waals surface area contributed by atoms with E-state index in [0.717, 1.165) is 12.0 Å². The van der Waals surface area contributed by atoms with E-state index < -0.39 is 0 Å². The van der Waals surface area contributed by atoms with Crippen LogP contribution in [0.5, 0.6) is 0 Å². The van der Waals surface area contributed by atoms with E-state index in [1.807, 2.05) is 0 Å². The summed E-state index contributed by atoms with van der Waals surface area (Å²) in [5.41, 5.74) is 2.57. The maximum atomic E-state index is 9.84. The van der Waals surface area contributed by atoms with Crippen molar-refractivity contribution in [3.05, 3.63) is 32.9 Å². The lowest BCUT2D eigenvalue weighted by Crippen LogP contribution is -2.12. The van der Waals surface area contributed by atoms with Crippen LogP contribution >= 0.6 is 22.6 Å². The Morgan fingerprint density at radius 3 is 2.85 bits per heavy atom. The summed E-state index contributed by atoms with van der Waals surface area (Å²) in [4.78, 5) is 0. The van der Waals surface area contributed by atoms with E-state index in [0.29, 0.717) is 0 Å². The van der Waals surface area contributed by atoms with Crippen LogP contribution in [0.4, 0.5) is 0 Å². The Balaban J connectivity index is 2.59. The van der Waals surface area contributed by atoms with E-state index in [1.165, 1.54) is 9.13 Å². The summed E-state index contributed by atoms with van der Waals surface area (Å²) < 4.78 is 1.20. The molecule has 2 rings (SSSR count). The molecule has 0 bridgehead atoms. The van der Waals surface area contributed by atoms with Crippen molar-refractivity contribution < 1.29 is 5.11 Å². The normalized spacial score (nSPS) is 24.5. The number of aliphatic hydroxyl groups is 1. The number of hydrogen-bond acceptors (Lipinski definition) is 1. The molecule has 1 aliphatic rings. The number of halogens is 1. The quantitative estimate of drug-likeness (QED) is 0.728. The Morgan fingerprint density at radius 1 is 1.46 bits per heavy atom. The van der Waals surface area contributed by atoms with Gasteiger partial charge in [-0.1, -0.05) is 19.9 Å². The smallest absolute Gasteiger partial charge is 0.0801 e. The fourth-order valence-electron chi connectivity index (χ4n) is 2.13. The van der Waals surface area contributed by atoms with E-state index >= 15 is 0 Å². The molecule has 1 aliphatic carbocycles. The summed E-state index contributed by atoms with van der Waals surface area (Å²) in [7, 11) is 0.